The summed E-state index contributed by atoms with van der Waals surface area (Å²) in [7, 11) is 0. The molecule has 1 aromatic heterocycles. The largest absolute Gasteiger partial charge is 0.424 e. The van der Waals surface area contributed by atoms with E-state index >= 15 is 0 Å². The molecule has 2 aromatic rings. The first-order valence-electron chi connectivity index (χ1n) is 8.42. The molecule has 6 nitrogen and oxygen atoms in total. The standard InChI is InChI=1S/C18H21ClN4O2/c1-2-17-22-15(11-20)18(25-17)21-12-16(23-7-9-24-10-8-23)13-5-3-4-6-14(13)19/h3-6,16,21H,2,7-10,12H2,1H3/t16-/m0/s1. The molecule has 0 spiro atoms. The maximum absolute atomic E-state index is 9.24. The highest BCUT2D eigenvalue weighted by atomic mass is 35.5. The molecule has 132 valence electrons. The van der Waals surface area contributed by atoms with Gasteiger partial charge in [0.05, 0.1) is 19.3 Å². The molecule has 1 atom stereocenters. The number of aryl methyl sites for hydroxylation is 1. The first-order chi connectivity index (χ1) is 12.2. The van der Waals surface area contributed by atoms with Crippen molar-refractivity contribution in [2.24, 2.45) is 0 Å². The third kappa shape index (κ3) is 4.13. The van der Waals surface area contributed by atoms with Crippen LogP contribution in [0.2, 0.25) is 5.02 Å². The van der Waals surface area contributed by atoms with Gasteiger partial charge >= 0.3 is 0 Å². The van der Waals surface area contributed by atoms with Crippen molar-refractivity contribution in [1.29, 1.82) is 5.26 Å². The molecule has 0 amide bonds. The molecule has 0 unspecified atom stereocenters. The fourth-order valence-electron chi connectivity index (χ4n) is 2.97. The van der Waals surface area contributed by atoms with Crippen LogP contribution in [-0.4, -0.2) is 42.7 Å². The summed E-state index contributed by atoms with van der Waals surface area (Å²) in [6.07, 6.45) is 0.647. The van der Waals surface area contributed by atoms with Crippen LogP contribution in [0.15, 0.2) is 28.7 Å². The van der Waals surface area contributed by atoms with Crippen molar-refractivity contribution in [3.63, 3.8) is 0 Å². The second-order valence-corrected chi connectivity index (χ2v) is 6.22. The molecule has 0 saturated carbocycles. The summed E-state index contributed by atoms with van der Waals surface area (Å²) >= 11 is 6.43. The third-order valence-corrected chi connectivity index (χ3v) is 4.63. The normalized spacial score (nSPS) is 16.4. The number of ether oxygens (including phenoxy) is 1. The first kappa shape index (κ1) is 17.7. The molecule has 1 aliphatic heterocycles. The highest BCUT2D eigenvalue weighted by Crippen LogP contribution is 2.29. The second-order valence-electron chi connectivity index (χ2n) is 5.82. The minimum absolute atomic E-state index is 0.0549. The number of hydrogen-bond acceptors (Lipinski definition) is 6. The van der Waals surface area contributed by atoms with Gasteiger partial charge in [0.2, 0.25) is 11.6 Å². The summed E-state index contributed by atoms with van der Waals surface area (Å²) in [6, 6.07) is 9.97. The number of benzene rings is 1. The van der Waals surface area contributed by atoms with Crippen molar-refractivity contribution in [3.8, 4) is 6.07 Å². The van der Waals surface area contributed by atoms with Crippen molar-refractivity contribution in [2.75, 3.05) is 38.2 Å². The minimum atomic E-state index is 0.0549. The third-order valence-electron chi connectivity index (χ3n) is 4.29. The number of aromatic nitrogens is 1. The predicted molar refractivity (Wildman–Crippen MR) is 95.7 cm³/mol. The number of morpholine rings is 1. The van der Waals surface area contributed by atoms with Gasteiger partial charge in [0.25, 0.3) is 0 Å². The first-order valence-corrected chi connectivity index (χ1v) is 8.80. The van der Waals surface area contributed by atoms with E-state index in [4.69, 9.17) is 20.8 Å². The van der Waals surface area contributed by atoms with E-state index in [0.29, 0.717) is 38.0 Å². The molecule has 0 aliphatic carbocycles. The van der Waals surface area contributed by atoms with Crippen LogP contribution in [0.3, 0.4) is 0 Å². The highest BCUT2D eigenvalue weighted by Gasteiger charge is 2.25. The summed E-state index contributed by atoms with van der Waals surface area (Å²) in [5.74, 6) is 0.976. The molecule has 1 N–H and O–H groups in total. The molecule has 0 bridgehead atoms. The van der Waals surface area contributed by atoms with Crippen LogP contribution in [0.1, 0.15) is 30.1 Å². The van der Waals surface area contributed by atoms with Crippen molar-refractivity contribution >= 4 is 17.5 Å². The van der Waals surface area contributed by atoms with Crippen LogP contribution in [0.4, 0.5) is 5.88 Å². The monoisotopic (exact) mass is 360 g/mol. The zero-order valence-corrected chi connectivity index (χ0v) is 14.9. The van der Waals surface area contributed by atoms with Gasteiger partial charge in [-0.2, -0.15) is 5.26 Å². The lowest BCUT2D eigenvalue weighted by Gasteiger charge is -2.35. The average molecular weight is 361 g/mol. The van der Waals surface area contributed by atoms with Gasteiger partial charge in [-0.15, -0.1) is 0 Å². The fraction of sp³-hybridized carbons (Fsp3) is 0.444. The lowest BCUT2D eigenvalue weighted by molar-refractivity contribution is 0.0186. The van der Waals surface area contributed by atoms with Crippen LogP contribution in [0.25, 0.3) is 0 Å². The van der Waals surface area contributed by atoms with Crippen LogP contribution in [-0.2, 0) is 11.2 Å². The topological polar surface area (TPSA) is 74.3 Å². The Labute approximate surface area is 152 Å². The Bertz CT molecular complexity index is 750. The van der Waals surface area contributed by atoms with Gasteiger partial charge in [-0.05, 0) is 11.6 Å². The van der Waals surface area contributed by atoms with E-state index in [9.17, 15) is 5.26 Å². The van der Waals surface area contributed by atoms with Gasteiger partial charge in [0.15, 0.2) is 5.89 Å². The van der Waals surface area contributed by atoms with E-state index in [1.807, 2.05) is 31.2 Å². The Morgan fingerprint density at radius 3 is 2.80 bits per heavy atom. The number of nitrogens with zero attached hydrogens (tertiary/aromatic N) is 3. The number of halogens is 1. The summed E-state index contributed by atoms with van der Waals surface area (Å²) in [5, 5.41) is 13.2. The van der Waals surface area contributed by atoms with Gasteiger partial charge in [-0.3, -0.25) is 4.90 Å². The number of hydrogen-bond donors (Lipinski definition) is 1. The van der Waals surface area contributed by atoms with Crippen molar-refractivity contribution in [3.05, 3.63) is 46.4 Å². The molecular formula is C18H21ClN4O2. The molecule has 1 aliphatic rings. The average Bonchev–Trinajstić information content (AvgIpc) is 3.06. The van der Waals surface area contributed by atoms with E-state index in [0.717, 1.165) is 23.7 Å². The molecule has 1 saturated heterocycles. The molecule has 1 aromatic carbocycles. The molecular weight excluding hydrogens is 340 g/mol. The van der Waals surface area contributed by atoms with Crippen molar-refractivity contribution in [2.45, 2.75) is 19.4 Å². The van der Waals surface area contributed by atoms with Gasteiger partial charge in [-0.25, -0.2) is 4.98 Å². The SMILES string of the molecule is CCc1nc(C#N)c(NC[C@@H](c2ccccc2Cl)N2CCOCC2)o1. The number of oxazole rings is 1. The smallest absolute Gasteiger partial charge is 0.232 e. The number of nitriles is 1. The van der Waals surface area contributed by atoms with Gasteiger partial charge in [0.1, 0.15) is 6.07 Å². The number of nitrogens with one attached hydrogen (secondary N) is 1. The van der Waals surface area contributed by atoms with E-state index < -0.39 is 0 Å². The maximum atomic E-state index is 9.24. The van der Waals surface area contributed by atoms with Gasteiger partial charge < -0.3 is 14.5 Å². The number of rotatable bonds is 6. The van der Waals surface area contributed by atoms with Crippen molar-refractivity contribution in [1.82, 2.24) is 9.88 Å². The quantitative estimate of drug-likeness (QED) is 0.852. The Morgan fingerprint density at radius 2 is 2.12 bits per heavy atom. The molecule has 25 heavy (non-hydrogen) atoms. The molecule has 2 heterocycles. The fourth-order valence-corrected chi connectivity index (χ4v) is 3.23. The zero-order chi connectivity index (χ0) is 17.6. The maximum Gasteiger partial charge on any atom is 0.232 e. The summed E-state index contributed by atoms with van der Waals surface area (Å²) in [4.78, 5) is 6.51. The van der Waals surface area contributed by atoms with E-state index in [1.54, 1.807) is 0 Å². The minimum Gasteiger partial charge on any atom is -0.424 e. The Balaban J connectivity index is 1.82. The molecule has 3 rings (SSSR count). The Kier molecular flexibility index (Phi) is 5.92. The van der Waals surface area contributed by atoms with Crippen LogP contribution < -0.4 is 5.32 Å². The van der Waals surface area contributed by atoms with Crippen LogP contribution >= 0.6 is 11.6 Å². The van der Waals surface area contributed by atoms with Gasteiger partial charge in [-0.1, -0.05) is 36.7 Å². The lowest BCUT2D eigenvalue weighted by atomic mass is 10.0. The Hall–Kier alpha value is -2.07. The van der Waals surface area contributed by atoms with E-state index in [1.165, 1.54) is 0 Å². The molecule has 0 radical (unpaired) electrons. The van der Waals surface area contributed by atoms with Crippen LogP contribution in [0, 0.1) is 11.3 Å². The predicted octanol–water partition coefficient (Wildman–Crippen LogP) is 3.25. The zero-order valence-electron chi connectivity index (χ0n) is 14.2. The molecule has 1 fully saturated rings. The van der Waals surface area contributed by atoms with E-state index in [2.05, 4.69) is 21.3 Å². The number of anilines is 1. The summed E-state index contributed by atoms with van der Waals surface area (Å²) < 4.78 is 11.1. The van der Waals surface area contributed by atoms with Gasteiger partial charge in [0, 0.05) is 31.1 Å². The molecule has 7 heteroatoms. The summed E-state index contributed by atoms with van der Waals surface area (Å²) in [5.41, 5.74) is 1.34. The van der Waals surface area contributed by atoms with E-state index in [-0.39, 0.29) is 11.7 Å². The Morgan fingerprint density at radius 1 is 1.36 bits per heavy atom. The highest BCUT2D eigenvalue weighted by molar-refractivity contribution is 6.31. The lowest BCUT2D eigenvalue weighted by Crippen LogP contribution is -2.41. The summed E-state index contributed by atoms with van der Waals surface area (Å²) in [6.45, 7) is 5.58. The second kappa shape index (κ2) is 8.34. The van der Waals surface area contributed by atoms with Crippen molar-refractivity contribution < 1.29 is 9.15 Å². The van der Waals surface area contributed by atoms with Crippen LogP contribution in [0.5, 0.6) is 0 Å².